The zero-order valence-electron chi connectivity index (χ0n) is 13.1. The molecule has 0 bridgehead atoms. The molecule has 0 saturated heterocycles. The Kier molecular flexibility index (Phi) is 3.94. The van der Waals surface area contributed by atoms with Crippen LogP contribution in [0.3, 0.4) is 0 Å². The Morgan fingerprint density at radius 3 is 2.92 bits per heavy atom. The van der Waals surface area contributed by atoms with E-state index in [9.17, 15) is 13.2 Å². The van der Waals surface area contributed by atoms with Crippen molar-refractivity contribution in [2.75, 3.05) is 4.72 Å². The zero-order chi connectivity index (χ0) is 18.2. The molecule has 0 spiro atoms. The van der Waals surface area contributed by atoms with Crippen molar-refractivity contribution in [2.45, 2.75) is 18.4 Å². The number of carbonyl (C=O) groups is 1. The van der Waals surface area contributed by atoms with E-state index >= 15 is 0 Å². The summed E-state index contributed by atoms with van der Waals surface area (Å²) in [6.45, 7) is 1.62. The lowest BCUT2D eigenvalue weighted by molar-refractivity contribution is -0.118. The molecule has 10 heteroatoms. The van der Waals surface area contributed by atoms with Gasteiger partial charge in [-0.3, -0.25) is 14.2 Å². The average molecular weight is 358 g/mol. The SMILES string of the molecule is Cc1ccc(NS(=O)(=O)c2cnn(CC(N)=O)c2)c2[nH]cc(C#N)c12. The van der Waals surface area contributed by atoms with Gasteiger partial charge in [0, 0.05) is 17.8 Å². The van der Waals surface area contributed by atoms with Gasteiger partial charge in [-0.2, -0.15) is 10.4 Å². The maximum absolute atomic E-state index is 12.5. The highest BCUT2D eigenvalue weighted by molar-refractivity contribution is 7.92. The van der Waals surface area contributed by atoms with E-state index in [-0.39, 0.29) is 11.4 Å². The summed E-state index contributed by atoms with van der Waals surface area (Å²) in [7, 11) is -3.92. The van der Waals surface area contributed by atoms with Gasteiger partial charge >= 0.3 is 0 Å². The number of aryl methyl sites for hydroxylation is 1. The van der Waals surface area contributed by atoms with Crippen molar-refractivity contribution in [2.24, 2.45) is 5.73 Å². The van der Waals surface area contributed by atoms with Crippen LogP contribution >= 0.6 is 0 Å². The van der Waals surface area contributed by atoms with Gasteiger partial charge < -0.3 is 10.7 Å². The second-order valence-electron chi connectivity index (χ2n) is 5.44. The van der Waals surface area contributed by atoms with Gasteiger partial charge in [-0.25, -0.2) is 8.42 Å². The van der Waals surface area contributed by atoms with Gasteiger partial charge in [-0.05, 0) is 18.6 Å². The number of rotatable bonds is 5. The smallest absolute Gasteiger partial charge is 0.265 e. The minimum absolute atomic E-state index is 0.102. The largest absolute Gasteiger partial charge is 0.368 e. The number of amides is 1. The van der Waals surface area contributed by atoms with Crippen molar-refractivity contribution >= 4 is 32.5 Å². The van der Waals surface area contributed by atoms with Crippen LogP contribution in [0.4, 0.5) is 5.69 Å². The van der Waals surface area contributed by atoms with Crippen LogP contribution in [0.1, 0.15) is 11.1 Å². The van der Waals surface area contributed by atoms with E-state index in [0.717, 1.165) is 16.4 Å². The molecule has 3 rings (SSSR count). The minimum atomic E-state index is -3.92. The van der Waals surface area contributed by atoms with E-state index in [1.807, 2.05) is 6.92 Å². The van der Waals surface area contributed by atoms with Crippen molar-refractivity contribution in [1.29, 1.82) is 5.26 Å². The summed E-state index contributed by atoms with van der Waals surface area (Å²) < 4.78 is 28.7. The topological polar surface area (TPSA) is 147 Å². The van der Waals surface area contributed by atoms with Crippen LogP contribution in [0, 0.1) is 18.3 Å². The highest BCUT2D eigenvalue weighted by Crippen LogP contribution is 2.29. The summed E-state index contributed by atoms with van der Waals surface area (Å²) in [6.07, 6.45) is 3.88. The molecule has 3 aromatic rings. The molecular weight excluding hydrogens is 344 g/mol. The lowest BCUT2D eigenvalue weighted by Gasteiger charge is -2.09. The first-order valence-corrected chi connectivity index (χ1v) is 8.64. The summed E-state index contributed by atoms with van der Waals surface area (Å²) in [5.41, 5.74) is 7.18. The van der Waals surface area contributed by atoms with E-state index in [1.54, 1.807) is 12.1 Å². The number of sulfonamides is 1. The standard InChI is InChI=1S/C15H14N6O3S/c1-9-2-3-12(15-14(9)10(4-16)5-18-15)20-25(23,24)11-6-19-21(7-11)8-13(17)22/h2-3,5-7,18,20H,8H2,1H3,(H2,17,22). The van der Waals surface area contributed by atoms with Crippen LogP contribution < -0.4 is 10.5 Å². The molecule has 1 amide bonds. The predicted octanol–water partition coefficient (Wildman–Crippen LogP) is 0.831. The van der Waals surface area contributed by atoms with E-state index in [2.05, 4.69) is 20.9 Å². The van der Waals surface area contributed by atoms with E-state index in [4.69, 9.17) is 11.0 Å². The summed E-state index contributed by atoms with van der Waals surface area (Å²) in [6, 6.07) is 5.41. The Bertz CT molecular complexity index is 1120. The molecule has 0 aliphatic carbocycles. The number of H-pyrrole nitrogens is 1. The first kappa shape index (κ1) is 16.5. The highest BCUT2D eigenvalue weighted by Gasteiger charge is 2.20. The number of carbonyl (C=O) groups excluding carboxylic acids is 1. The molecule has 1 aromatic carbocycles. The van der Waals surface area contributed by atoms with Crippen molar-refractivity contribution in [1.82, 2.24) is 14.8 Å². The Morgan fingerprint density at radius 1 is 1.48 bits per heavy atom. The molecule has 4 N–H and O–H groups in total. The number of nitrogens with zero attached hydrogens (tertiary/aromatic N) is 3. The number of benzene rings is 1. The van der Waals surface area contributed by atoms with Crippen LogP contribution in [-0.2, 0) is 21.4 Å². The maximum Gasteiger partial charge on any atom is 0.265 e. The third-order valence-corrected chi connectivity index (χ3v) is 4.97. The number of hydrogen-bond donors (Lipinski definition) is 3. The second-order valence-corrected chi connectivity index (χ2v) is 7.12. The van der Waals surface area contributed by atoms with Crippen molar-refractivity contribution in [3.8, 4) is 6.07 Å². The van der Waals surface area contributed by atoms with Crippen LogP contribution in [0.15, 0.2) is 35.6 Å². The normalized spacial score (nSPS) is 11.4. The molecule has 2 aromatic heterocycles. The lowest BCUT2D eigenvalue weighted by Crippen LogP contribution is -2.19. The van der Waals surface area contributed by atoms with E-state index in [1.165, 1.54) is 12.4 Å². The lowest BCUT2D eigenvalue weighted by atomic mass is 10.1. The number of nitrogens with one attached hydrogen (secondary N) is 2. The Balaban J connectivity index is 1.99. The molecule has 0 atom stereocenters. The van der Waals surface area contributed by atoms with Gasteiger partial charge in [0.2, 0.25) is 5.91 Å². The first-order valence-electron chi connectivity index (χ1n) is 7.16. The fourth-order valence-electron chi connectivity index (χ4n) is 2.53. The van der Waals surface area contributed by atoms with Crippen molar-refractivity contribution in [3.63, 3.8) is 0 Å². The summed E-state index contributed by atoms with van der Waals surface area (Å²) in [5.74, 6) is -0.629. The predicted molar refractivity (Wildman–Crippen MR) is 90.0 cm³/mol. The number of aromatic nitrogens is 3. The third kappa shape index (κ3) is 3.05. The number of primary amides is 1. The number of nitriles is 1. The van der Waals surface area contributed by atoms with Gasteiger partial charge in [0.1, 0.15) is 17.5 Å². The van der Waals surface area contributed by atoms with Crippen LogP contribution in [-0.4, -0.2) is 29.1 Å². The molecule has 0 saturated carbocycles. The first-order chi connectivity index (χ1) is 11.8. The van der Waals surface area contributed by atoms with Gasteiger partial charge in [-0.1, -0.05) is 6.07 Å². The van der Waals surface area contributed by atoms with E-state index < -0.39 is 15.9 Å². The molecule has 0 radical (unpaired) electrons. The molecule has 2 heterocycles. The minimum Gasteiger partial charge on any atom is -0.368 e. The van der Waals surface area contributed by atoms with Gasteiger partial charge in [0.25, 0.3) is 10.0 Å². The fraction of sp³-hybridized carbons (Fsp3) is 0.133. The number of hydrogen-bond acceptors (Lipinski definition) is 5. The third-order valence-electron chi connectivity index (χ3n) is 3.65. The summed E-state index contributed by atoms with van der Waals surface area (Å²) >= 11 is 0. The zero-order valence-corrected chi connectivity index (χ0v) is 14.0. The Labute approximate surface area is 143 Å². The fourth-order valence-corrected chi connectivity index (χ4v) is 3.55. The molecule has 25 heavy (non-hydrogen) atoms. The highest BCUT2D eigenvalue weighted by atomic mass is 32.2. The molecule has 0 aliphatic rings. The molecule has 0 unspecified atom stereocenters. The molecule has 0 fully saturated rings. The maximum atomic E-state index is 12.5. The quantitative estimate of drug-likeness (QED) is 0.618. The van der Waals surface area contributed by atoms with Crippen molar-refractivity contribution in [3.05, 3.63) is 41.9 Å². The van der Waals surface area contributed by atoms with Crippen LogP contribution in [0.2, 0.25) is 0 Å². The number of nitrogens with two attached hydrogens (primary N) is 1. The monoisotopic (exact) mass is 358 g/mol. The molecule has 128 valence electrons. The summed E-state index contributed by atoms with van der Waals surface area (Å²) in [4.78, 5) is 13.7. The number of anilines is 1. The Hall–Kier alpha value is -3.32. The Morgan fingerprint density at radius 2 is 2.24 bits per heavy atom. The second kappa shape index (κ2) is 5.95. The molecule has 0 aliphatic heterocycles. The van der Waals surface area contributed by atoms with Gasteiger partial charge in [0.05, 0.1) is 23.0 Å². The number of aromatic amines is 1. The molecule has 9 nitrogen and oxygen atoms in total. The van der Waals surface area contributed by atoms with Crippen LogP contribution in [0.25, 0.3) is 10.9 Å². The van der Waals surface area contributed by atoms with Gasteiger partial charge in [0.15, 0.2) is 0 Å². The number of fused-ring (bicyclic) bond motifs is 1. The van der Waals surface area contributed by atoms with E-state index in [0.29, 0.717) is 22.2 Å². The van der Waals surface area contributed by atoms with Gasteiger partial charge in [-0.15, -0.1) is 0 Å². The van der Waals surface area contributed by atoms with Crippen molar-refractivity contribution < 1.29 is 13.2 Å². The van der Waals surface area contributed by atoms with Crippen LogP contribution in [0.5, 0.6) is 0 Å². The molecular formula is C15H14N6O3S. The average Bonchev–Trinajstić information content (AvgIpc) is 3.17. The summed E-state index contributed by atoms with van der Waals surface area (Å²) in [5, 5.41) is 13.6.